The zero-order valence-corrected chi connectivity index (χ0v) is 18.3. The van der Waals surface area contributed by atoms with E-state index in [0.29, 0.717) is 34.9 Å². The summed E-state index contributed by atoms with van der Waals surface area (Å²) in [4.78, 5) is 12.0. The predicted molar refractivity (Wildman–Crippen MR) is 117 cm³/mol. The Hall–Kier alpha value is -2.31. The lowest BCUT2D eigenvalue weighted by molar-refractivity contribution is -0.120. The molecule has 3 rings (SSSR count). The van der Waals surface area contributed by atoms with Crippen LogP contribution in [0, 0.1) is 0 Å². The van der Waals surface area contributed by atoms with E-state index in [-0.39, 0.29) is 11.3 Å². The van der Waals surface area contributed by atoms with Crippen LogP contribution >= 0.6 is 23.4 Å². The van der Waals surface area contributed by atoms with Crippen LogP contribution in [-0.2, 0) is 16.8 Å². The van der Waals surface area contributed by atoms with Crippen LogP contribution in [0.5, 0.6) is 0 Å². The molecule has 3 aromatic rings. The zero-order chi connectivity index (χ0) is 20.9. The first kappa shape index (κ1) is 21.4. The first-order chi connectivity index (χ1) is 13.8. The Labute approximate surface area is 180 Å². The lowest BCUT2D eigenvalue weighted by Gasteiger charge is -2.18. The van der Waals surface area contributed by atoms with E-state index in [1.54, 1.807) is 0 Å². The van der Waals surface area contributed by atoms with Crippen molar-refractivity contribution >= 4 is 29.3 Å². The predicted octanol–water partition coefficient (Wildman–Crippen LogP) is 5.49. The molecule has 0 spiro atoms. The average Bonchev–Trinajstić information content (AvgIpc) is 3.16. The summed E-state index contributed by atoms with van der Waals surface area (Å²) in [7, 11) is 0. The standard InChI is InChI=1S/C22H24ClN3O2S/c1-22(2,3)17-10-8-15(9-11-17)20-25-26-21(28-20)29-13-12-19(27)24-14-16-6-4-5-7-18(16)23/h4-11H,12-14H2,1-3H3,(H,24,27). The third-order valence-corrected chi connectivity index (χ3v) is 5.58. The van der Waals surface area contributed by atoms with Gasteiger partial charge in [-0.25, -0.2) is 0 Å². The van der Waals surface area contributed by atoms with Crippen molar-refractivity contribution in [3.8, 4) is 11.5 Å². The van der Waals surface area contributed by atoms with Gasteiger partial charge < -0.3 is 9.73 Å². The number of carbonyl (C=O) groups is 1. The van der Waals surface area contributed by atoms with E-state index in [4.69, 9.17) is 16.0 Å². The van der Waals surface area contributed by atoms with Gasteiger partial charge in [-0.3, -0.25) is 4.79 Å². The summed E-state index contributed by atoms with van der Waals surface area (Å²) in [6, 6.07) is 15.6. The molecule has 0 bridgehead atoms. The minimum Gasteiger partial charge on any atom is -0.411 e. The molecule has 1 amide bonds. The van der Waals surface area contributed by atoms with E-state index in [2.05, 4.69) is 48.4 Å². The van der Waals surface area contributed by atoms with Gasteiger partial charge in [-0.15, -0.1) is 10.2 Å². The summed E-state index contributed by atoms with van der Waals surface area (Å²) in [6.07, 6.45) is 0.354. The summed E-state index contributed by atoms with van der Waals surface area (Å²) in [6.45, 7) is 6.94. The van der Waals surface area contributed by atoms with Crippen molar-refractivity contribution in [1.29, 1.82) is 0 Å². The second-order valence-electron chi connectivity index (χ2n) is 7.67. The van der Waals surface area contributed by atoms with E-state index in [1.807, 2.05) is 36.4 Å². The van der Waals surface area contributed by atoms with Gasteiger partial charge in [0.15, 0.2) is 0 Å². The van der Waals surface area contributed by atoms with Crippen LogP contribution < -0.4 is 5.32 Å². The summed E-state index contributed by atoms with van der Waals surface area (Å²) in [5.41, 5.74) is 3.13. The highest BCUT2D eigenvalue weighted by molar-refractivity contribution is 7.99. The minimum atomic E-state index is -0.0464. The Morgan fingerprint density at radius 1 is 1.10 bits per heavy atom. The quantitative estimate of drug-likeness (QED) is 0.503. The smallest absolute Gasteiger partial charge is 0.276 e. The molecule has 0 saturated heterocycles. The van der Waals surface area contributed by atoms with E-state index in [0.717, 1.165) is 11.1 Å². The first-order valence-corrected chi connectivity index (χ1v) is 10.8. The molecule has 0 aliphatic carbocycles. The second kappa shape index (κ2) is 9.46. The lowest BCUT2D eigenvalue weighted by atomic mass is 9.87. The molecule has 29 heavy (non-hydrogen) atoms. The third-order valence-electron chi connectivity index (χ3n) is 4.39. The van der Waals surface area contributed by atoms with E-state index < -0.39 is 0 Å². The van der Waals surface area contributed by atoms with Crippen LogP contribution in [0.2, 0.25) is 5.02 Å². The highest BCUT2D eigenvalue weighted by atomic mass is 35.5. The summed E-state index contributed by atoms with van der Waals surface area (Å²) in [5.74, 6) is 0.991. The maximum absolute atomic E-state index is 12.0. The van der Waals surface area contributed by atoms with Crippen LogP contribution in [0.1, 0.15) is 38.3 Å². The Kier molecular flexibility index (Phi) is 6.98. The van der Waals surface area contributed by atoms with E-state index >= 15 is 0 Å². The molecule has 0 aliphatic heterocycles. The number of halogens is 1. The number of amides is 1. The molecule has 0 aliphatic rings. The Balaban J connectivity index is 1.47. The molecule has 1 N–H and O–H groups in total. The van der Waals surface area contributed by atoms with Gasteiger partial charge in [0.1, 0.15) is 0 Å². The van der Waals surface area contributed by atoms with E-state index in [1.165, 1.54) is 17.3 Å². The largest absolute Gasteiger partial charge is 0.411 e. The normalized spacial score (nSPS) is 11.4. The molecule has 0 radical (unpaired) electrons. The maximum atomic E-state index is 12.0. The van der Waals surface area contributed by atoms with Crippen LogP contribution in [0.15, 0.2) is 58.2 Å². The fourth-order valence-corrected chi connectivity index (χ4v) is 3.55. The number of hydrogen-bond donors (Lipinski definition) is 1. The van der Waals surface area contributed by atoms with Crippen molar-refractivity contribution in [3.05, 3.63) is 64.7 Å². The Morgan fingerprint density at radius 3 is 2.52 bits per heavy atom. The van der Waals surface area contributed by atoms with Crippen molar-refractivity contribution < 1.29 is 9.21 Å². The van der Waals surface area contributed by atoms with Gasteiger partial charge in [0.05, 0.1) is 0 Å². The number of nitrogens with one attached hydrogen (secondary N) is 1. The van der Waals surface area contributed by atoms with Crippen molar-refractivity contribution in [1.82, 2.24) is 15.5 Å². The lowest BCUT2D eigenvalue weighted by Crippen LogP contribution is -2.23. The molecular formula is C22H24ClN3O2S. The summed E-state index contributed by atoms with van der Waals surface area (Å²) in [5, 5.41) is 12.1. The minimum absolute atomic E-state index is 0.0464. The van der Waals surface area contributed by atoms with Crippen LogP contribution in [-0.4, -0.2) is 21.9 Å². The Morgan fingerprint density at radius 2 is 1.83 bits per heavy atom. The van der Waals surface area contributed by atoms with Gasteiger partial charge in [-0.2, -0.15) is 0 Å². The molecule has 2 aromatic carbocycles. The molecule has 152 valence electrons. The molecule has 7 heteroatoms. The number of aromatic nitrogens is 2. The second-order valence-corrected chi connectivity index (χ2v) is 9.12. The van der Waals surface area contributed by atoms with Gasteiger partial charge in [0.25, 0.3) is 5.22 Å². The molecule has 1 aromatic heterocycles. The monoisotopic (exact) mass is 429 g/mol. The number of hydrogen-bond acceptors (Lipinski definition) is 5. The third kappa shape index (κ3) is 6.08. The highest BCUT2D eigenvalue weighted by Gasteiger charge is 2.15. The van der Waals surface area contributed by atoms with Gasteiger partial charge in [-0.05, 0) is 34.7 Å². The van der Waals surface area contributed by atoms with Gasteiger partial charge in [0, 0.05) is 29.3 Å². The molecule has 0 atom stereocenters. The number of carbonyl (C=O) groups excluding carboxylic acids is 1. The van der Waals surface area contributed by atoms with Crippen molar-refractivity contribution in [3.63, 3.8) is 0 Å². The summed E-state index contributed by atoms with van der Waals surface area (Å²) < 4.78 is 5.71. The van der Waals surface area contributed by atoms with Crippen molar-refractivity contribution in [2.75, 3.05) is 5.75 Å². The van der Waals surface area contributed by atoms with Crippen LogP contribution in [0.3, 0.4) is 0 Å². The molecule has 0 saturated carbocycles. The van der Waals surface area contributed by atoms with Crippen LogP contribution in [0.25, 0.3) is 11.5 Å². The highest BCUT2D eigenvalue weighted by Crippen LogP contribution is 2.27. The fraction of sp³-hybridized carbons (Fsp3) is 0.318. The van der Waals surface area contributed by atoms with Crippen molar-refractivity contribution in [2.45, 2.75) is 44.4 Å². The topological polar surface area (TPSA) is 68.0 Å². The van der Waals surface area contributed by atoms with Gasteiger partial charge in [0.2, 0.25) is 11.8 Å². The average molecular weight is 430 g/mol. The Bertz CT molecular complexity index is 965. The molecular weight excluding hydrogens is 406 g/mol. The fourth-order valence-electron chi connectivity index (χ4n) is 2.65. The molecule has 5 nitrogen and oxygen atoms in total. The van der Waals surface area contributed by atoms with Crippen LogP contribution in [0.4, 0.5) is 0 Å². The van der Waals surface area contributed by atoms with Gasteiger partial charge >= 0.3 is 0 Å². The van der Waals surface area contributed by atoms with Crippen molar-refractivity contribution in [2.24, 2.45) is 0 Å². The number of rotatable bonds is 7. The zero-order valence-electron chi connectivity index (χ0n) is 16.7. The summed E-state index contributed by atoms with van der Waals surface area (Å²) >= 11 is 7.46. The first-order valence-electron chi connectivity index (χ1n) is 9.40. The molecule has 0 unspecified atom stereocenters. The molecule has 0 fully saturated rings. The molecule has 1 heterocycles. The number of benzene rings is 2. The number of nitrogens with zero attached hydrogens (tertiary/aromatic N) is 2. The van der Waals surface area contributed by atoms with E-state index in [9.17, 15) is 4.79 Å². The maximum Gasteiger partial charge on any atom is 0.276 e. The SMILES string of the molecule is CC(C)(C)c1ccc(-c2nnc(SCCC(=O)NCc3ccccc3Cl)o2)cc1. The van der Waals surface area contributed by atoms with Gasteiger partial charge in [-0.1, -0.05) is 74.5 Å². The number of thioether (sulfide) groups is 1.